The molecule has 0 aromatic rings. The molecular weight excluding hydrogens is 158 g/mol. The van der Waals surface area contributed by atoms with Crippen molar-refractivity contribution >= 4 is 5.97 Å². The molecule has 12 heavy (non-hydrogen) atoms. The van der Waals surface area contributed by atoms with Gasteiger partial charge >= 0.3 is 5.97 Å². The Bertz CT molecular complexity index is 170. The van der Waals surface area contributed by atoms with Crippen molar-refractivity contribution in [2.24, 2.45) is 5.92 Å². The third kappa shape index (κ3) is 2.46. The van der Waals surface area contributed by atoms with Crippen molar-refractivity contribution in [1.82, 2.24) is 5.32 Å². The Morgan fingerprint density at radius 2 is 2.42 bits per heavy atom. The smallest absolute Gasteiger partial charge is 0.334 e. The van der Waals surface area contributed by atoms with Crippen LogP contribution >= 0.6 is 0 Å². The van der Waals surface area contributed by atoms with E-state index in [4.69, 9.17) is 9.84 Å². The lowest BCUT2D eigenvalue weighted by molar-refractivity contribution is -0.149. The summed E-state index contributed by atoms with van der Waals surface area (Å²) in [5.74, 6) is -0.358. The Morgan fingerprint density at radius 3 is 2.83 bits per heavy atom. The van der Waals surface area contributed by atoms with Crippen molar-refractivity contribution < 1.29 is 14.6 Å². The van der Waals surface area contributed by atoms with Gasteiger partial charge < -0.3 is 9.84 Å². The first-order chi connectivity index (χ1) is 5.59. The number of nitrogens with one attached hydrogen (secondary N) is 1. The number of carbonyl (C=O) groups is 1. The van der Waals surface area contributed by atoms with Crippen LogP contribution in [0.2, 0.25) is 0 Å². The molecule has 1 fully saturated rings. The first kappa shape index (κ1) is 9.48. The minimum atomic E-state index is -0.881. The van der Waals surface area contributed by atoms with Crippen molar-refractivity contribution in [2.75, 3.05) is 6.54 Å². The first-order valence-electron chi connectivity index (χ1n) is 4.21. The maximum absolute atomic E-state index is 10.5. The predicted octanol–water partition coefficient (Wildman–Crippen LogP) is 0.432. The van der Waals surface area contributed by atoms with Crippen molar-refractivity contribution in [3.63, 3.8) is 0 Å². The van der Waals surface area contributed by atoms with E-state index in [9.17, 15) is 4.79 Å². The normalized spacial score (nSPS) is 29.6. The highest BCUT2D eigenvalue weighted by Crippen LogP contribution is 2.12. The third-order valence-electron chi connectivity index (χ3n) is 1.82. The summed E-state index contributed by atoms with van der Waals surface area (Å²) < 4.78 is 5.22. The Kier molecular flexibility index (Phi) is 3.05. The minimum Gasteiger partial charge on any atom is -0.479 e. The van der Waals surface area contributed by atoms with Crippen LogP contribution in [0, 0.1) is 5.92 Å². The van der Waals surface area contributed by atoms with E-state index < -0.39 is 12.1 Å². The summed E-state index contributed by atoms with van der Waals surface area (Å²) in [5, 5.41) is 11.6. The van der Waals surface area contributed by atoms with Crippen LogP contribution < -0.4 is 5.32 Å². The second-order valence-electron chi connectivity index (χ2n) is 3.49. The van der Waals surface area contributed by atoms with Crippen LogP contribution in [-0.2, 0) is 9.53 Å². The van der Waals surface area contributed by atoms with E-state index in [1.165, 1.54) is 0 Å². The number of aliphatic carboxylic acids is 1. The van der Waals surface area contributed by atoms with Gasteiger partial charge in [0.05, 0.1) is 0 Å². The van der Waals surface area contributed by atoms with E-state index in [0.29, 0.717) is 12.5 Å². The number of ether oxygens (including phenoxy) is 1. The molecule has 0 aromatic carbocycles. The first-order valence-corrected chi connectivity index (χ1v) is 4.21. The van der Waals surface area contributed by atoms with Gasteiger partial charge in [0.15, 0.2) is 6.10 Å². The van der Waals surface area contributed by atoms with Gasteiger partial charge in [-0.1, -0.05) is 13.8 Å². The number of hydrogen-bond acceptors (Lipinski definition) is 3. The molecular formula is C8H15NO3. The lowest BCUT2D eigenvalue weighted by Gasteiger charge is -2.12. The molecule has 2 atom stereocenters. The van der Waals surface area contributed by atoms with Crippen LogP contribution in [0.4, 0.5) is 0 Å². The van der Waals surface area contributed by atoms with E-state index >= 15 is 0 Å². The fourth-order valence-electron chi connectivity index (χ4n) is 1.25. The largest absolute Gasteiger partial charge is 0.479 e. The Labute approximate surface area is 71.9 Å². The molecule has 0 aliphatic carbocycles. The summed E-state index contributed by atoms with van der Waals surface area (Å²) in [6, 6.07) is 0. The van der Waals surface area contributed by atoms with Crippen molar-refractivity contribution in [3.8, 4) is 0 Å². The molecule has 0 saturated carbocycles. The molecule has 1 aliphatic heterocycles. The summed E-state index contributed by atoms with van der Waals surface area (Å²) in [6.45, 7) is 4.59. The van der Waals surface area contributed by atoms with Crippen molar-refractivity contribution in [2.45, 2.75) is 32.6 Å². The predicted molar refractivity (Wildman–Crippen MR) is 43.8 cm³/mol. The zero-order valence-corrected chi connectivity index (χ0v) is 7.41. The molecule has 1 rings (SSSR count). The van der Waals surface area contributed by atoms with Crippen LogP contribution in [0.1, 0.15) is 20.3 Å². The van der Waals surface area contributed by atoms with Crippen LogP contribution in [-0.4, -0.2) is 30.0 Å². The number of hydrogen-bond donors (Lipinski definition) is 2. The van der Waals surface area contributed by atoms with Gasteiger partial charge in [0.1, 0.15) is 6.23 Å². The van der Waals surface area contributed by atoms with Crippen LogP contribution in [0.25, 0.3) is 0 Å². The molecule has 0 aromatic heterocycles. The van der Waals surface area contributed by atoms with Crippen molar-refractivity contribution in [1.29, 1.82) is 0 Å². The van der Waals surface area contributed by atoms with Crippen molar-refractivity contribution in [3.05, 3.63) is 0 Å². The summed E-state index contributed by atoms with van der Waals surface area (Å²) in [5.41, 5.74) is 0. The van der Waals surface area contributed by atoms with Gasteiger partial charge in [-0.05, 0) is 12.3 Å². The fourth-order valence-corrected chi connectivity index (χ4v) is 1.25. The summed E-state index contributed by atoms with van der Waals surface area (Å²) in [4.78, 5) is 10.5. The van der Waals surface area contributed by atoms with Gasteiger partial charge in [-0.25, -0.2) is 4.79 Å². The van der Waals surface area contributed by atoms with E-state index in [2.05, 4.69) is 19.2 Å². The molecule has 0 amide bonds. The molecule has 0 bridgehead atoms. The highest BCUT2D eigenvalue weighted by molar-refractivity contribution is 5.72. The van der Waals surface area contributed by atoms with Gasteiger partial charge in [0.25, 0.3) is 0 Å². The standard InChI is InChI=1S/C8H15NO3/c1-5(2)3-7-9-4-6(12-7)8(10)11/h5-7,9H,3-4H2,1-2H3,(H,10,11). The van der Waals surface area contributed by atoms with Crippen LogP contribution in [0.5, 0.6) is 0 Å². The molecule has 1 aliphatic rings. The number of carboxylic acid groups (broad SMARTS) is 1. The molecule has 4 nitrogen and oxygen atoms in total. The Morgan fingerprint density at radius 1 is 1.75 bits per heavy atom. The molecule has 1 saturated heterocycles. The monoisotopic (exact) mass is 173 g/mol. The average molecular weight is 173 g/mol. The third-order valence-corrected chi connectivity index (χ3v) is 1.82. The highest BCUT2D eigenvalue weighted by atomic mass is 16.5. The molecule has 70 valence electrons. The SMILES string of the molecule is CC(C)CC1NCC(C(=O)O)O1. The zero-order valence-electron chi connectivity index (χ0n) is 7.41. The maximum atomic E-state index is 10.5. The van der Waals surface area contributed by atoms with Gasteiger partial charge in [0.2, 0.25) is 0 Å². The topological polar surface area (TPSA) is 58.6 Å². The number of rotatable bonds is 3. The summed E-state index contributed by atoms with van der Waals surface area (Å²) in [7, 11) is 0. The molecule has 4 heteroatoms. The quantitative estimate of drug-likeness (QED) is 0.650. The number of carboxylic acids is 1. The molecule has 2 unspecified atom stereocenters. The van der Waals surface area contributed by atoms with Gasteiger partial charge in [-0.3, -0.25) is 5.32 Å². The van der Waals surface area contributed by atoms with E-state index in [0.717, 1.165) is 6.42 Å². The highest BCUT2D eigenvalue weighted by Gasteiger charge is 2.29. The van der Waals surface area contributed by atoms with Crippen LogP contribution in [0.15, 0.2) is 0 Å². The molecule has 1 heterocycles. The Hall–Kier alpha value is -0.610. The lowest BCUT2D eigenvalue weighted by atomic mass is 10.1. The zero-order chi connectivity index (χ0) is 9.14. The fraction of sp³-hybridized carbons (Fsp3) is 0.875. The van der Waals surface area contributed by atoms with Gasteiger partial charge in [-0.15, -0.1) is 0 Å². The average Bonchev–Trinajstić information content (AvgIpc) is 2.34. The van der Waals surface area contributed by atoms with E-state index in [1.807, 2.05) is 0 Å². The Balaban J connectivity index is 2.30. The summed E-state index contributed by atoms with van der Waals surface area (Å²) in [6.07, 6.45) is 0.129. The second kappa shape index (κ2) is 3.87. The summed E-state index contributed by atoms with van der Waals surface area (Å²) >= 11 is 0. The van der Waals surface area contributed by atoms with E-state index in [1.54, 1.807) is 0 Å². The second-order valence-corrected chi connectivity index (χ2v) is 3.49. The van der Waals surface area contributed by atoms with Gasteiger partial charge in [-0.2, -0.15) is 0 Å². The van der Waals surface area contributed by atoms with Gasteiger partial charge in [0, 0.05) is 6.54 Å². The molecule has 2 N–H and O–H groups in total. The van der Waals surface area contributed by atoms with Crippen LogP contribution in [0.3, 0.4) is 0 Å². The maximum Gasteiger partial charge on any atom is 0.334 e. The van der Waals surface area contributed by atoms with E-state index in [-0.39, 0.29) is 6.23 Å². The molecule has 0 spiro atoms. The molecule has 0 radical (unpaired) electrons. The minimum absolute atomic E-state index is 0.0777. The lowest BCUT2D eigenvalue weighted by Crippen LogP contribution is -2.24.